The first-order valence-corrected chi connectivity index (χ1v) is 12.1. The van der Waals surface area contributed by atoms with Gasteiger partial charge >= 0.3 is 0 Å². The van der Waals surface area contributed by atoms with E-state index in [1.165, 1.54) is 32.1 Å². The van der Waals surface area contributed by atoms with Crippen molar-refractivity contribution in [3.8, 4) is 0 Å². The van der Waals surface area contributed by atoms with Crippen molar-refractivity contribution >= 4 is 29.3 Å². The number of amides is 2. The molecule has 1 aromatic rings. The van der Waals surface area contributed by atoms with Crippen LogP contribution in [0, 0.1) is 0 Å². The molecule has 1 aliphatic heterocycles. The van der Waals surface area contributed by atoms with Crippen LogP contribution in [0.1, 0.15) is 58.8 Å². The van der Waals surface area contributed by atoms with Gasteiger partial charge in [-0.15, -0.1) is 11.8 Å². The van der Waals surface area contributed by atoms with E-state index in [2.05, 4.69) is 24.1 Å². The van der Waals surface area contributed by atoms with Crippen molar-refractivity contribution in [3.05, 3.63) is 24.3 Å². The van der Waals surface area contributed by atoms with Gasteiger partial charge in [0.05, 0.1) is 5.69 Å². The zero-order valence-electron chi connectivity index (χ0n) is 17.9. The number of para-hydroxylation sites is 1. The molecule has 1 aliphatic carbocycles. The lowest BCUT2D eigenvalue weighted by Crippen LogP contribution is -2.48. The highest BCUT2D eigenvalue weighted by Crippen LogP contribution is 2.33. The largest absolute Gasteiger partial charge is 0.353 e. The van der Waals surface area contributed by atoms with Crippen LogP contribution in [0.3, 0.4) is 0 Å². The maximum Gasteiger partial charge on any atom is 0.240 e. The van der Waals surface area contributed by atoms with Gasteiger partial charge in [0.2, 0.25) is 11.8 Å². The van der Waals surface area contributed by atoms with E-state index in [0.717, 1.165) is 29.3 Å². The highest BCUT2D eigenvalue weighted by molar-refractivity contribution is 7.99. The lowest BCUT2D eigenvalue weighted by molar-refractivity contribution is -0.123. The molecular formula is C23H35N3O2S. The van der Waals surface area contributed by atoms with Crippen LogP contribution >= 0.6 is 11.8 Å². The molecule has 29 heavy (non-hydrogen) atoms. The first-order chi connectivity index (χ1) is 14.1. The van der Waals surface area contributed by atoms with Gasteiger partial charge in [0.15, 0.2) is 0 Å². The topological polar surface area (TPSA) is 52.7 Å². The molecule has 0 radical (unpaired) electrons. The molecule has 5 nitrogen and oxygen atoms in total. The van der Waals surface area contributed by atoms with Crippen LogP contribution in [-0.4, -0.2) is 54.2 Å². The quantitative estimate of drug-likeness (QED) is 0.693. The molecule has 6 heteroatoms. The highest BCUT2D eigenvalue weighted by Gasteiger charge is 2.26. The molecule has 0 bridgehead atoms. The molecular weight excluding hydrogens is 382 g/mol. The zero-order chi connectivity index (χ0) is 20.6. The number of anilines is 1. The summed E-state index contributed by atoms with van der Waals surface area (Å²) in [6, 6.07) is 9.05. The summed E-state index contributed by atoms with van der Waals surface area (Å²) in [5.74, 6) is 0.716. The summed E-state index contributed by atoms with van der Waals surface area (Å²) in [6.45, 7) is 6.15. The van der Waals surface area contributed by atoms with Crippen LogP contribution in [0.2, 0.25) is 0 Å². The fraction of sp³-hybridized carbons (Fsp3) is 0.652. The normalized spacial score (nSPS) is 19.0. The molecule has 0 saturated heterocycles. The maximum atomic E-state index is 12.6. The van der Waals surface area contributed by atoms with Crippen LogP contribution in [0.4, 0.5) is 5.69 Å². The molecule has 1 saturated carbocycles. The van der Waals surface area contributed by atoms with E-state index < -0.39 is 0 Å². The molecule has 160 valence electrons. The Morgan fingerprint density at radius 2 is 2.03 bits per heavy atom. The molecule has 0 aromatic heterocycles. The Balaban J connectivity index is 1.55. The summed E-state index contributed by atoms with van der Waals surface area (Å²) in [4.78, 5) is 30.5. The van der Waals surface area contributed by atoms with Crippen LogP contribution in [0.5, 0.6) is 0 Å². The maximum absolute atomic E-state index is 12.6. The Labute approximate surface area is 179 Å². The van der Waals surface area contributed by atoms with Gasteiger partial charge in [0.25, 0.3) is 0 Å². The molecule has 1 N–H and O–H groups in total. The van der Waals surface area contributed by atoms with E-state index in [1.54, 1.807) is 16.7 Å². The summed E-state index contributed by atoms with van der Waals surface area (Å²) in [7, 11) is 0. The van der Waals surface area contributed by atoms with Gasteiger partial charge in [-0.2, -0.15) is 0 Å². The number of nitrogens with one attached hydrogen (secondary N) is 1. The summed E-state index contributed by atoms with van der Waals surface area (Å²) < 4.78 is 0. The van der Waals surface area contributed by atoms with Crippen molar-refractivity contribution in [3.63, 3.8) is 0 Å². The molecule has 2 aliphatic rings. The summed E-state index contributed by atoms with van der Waals surface area (Å²) >= 11 is 1.69. The SMILES string of the molecule is CCC(C)N(CCNC(=O)CN1C(=O)CCSc2ccccc21)C1CCCCC1. The molecule has 1 fully saturated rings. The molecule has 3 rings (SSSR count). The second-order valence-corrected chi connectivity index (χ2v) is 9.32. The highest BCUT2D eigenvalue weighted by atomic mass is 32.2. The van der Waals surface area contributed by atoms with Crippen LogP contribution in [-0.2, 0) is 9.59 Å². The lowest BCUT2D eigenvalue weighted by atomic mass is 9.93. The third-order valence-electron chi connectivity index (χ3n) is 6.23. The number of carbonyl (C=O) groups excluding carboxylic acids is 2. The average Bonchev–Trinajstić information content (AvgIpc) is 2.90. The van der Waals surface area contributed by atoms with E-state index in [0.29, 0.717) is 25.0 Å². The first-order valence-electron chi connectivity index (χ1n) is 11.1. The Bertz CT molecular complexity index is 690. The average molecular weight is 418 g/mol. The number of nitrogens with zero attached hydrogens (tertiary/aromatic N) is 2. The van der Waals surface area contributed by atoms with Crippen molar-refractivity contribution in [1.29, 1.82) is 0 Å². The van der Waals surface area contributed by atoms with Gasteiger partial charge in [-0.1, -0.05) is 38.3 Å². The molecule has 1 aromatic carbocycles. The number of benzene rings is 1. The molecule has 1 atom stereocenters. The monoisotopic (exact) mass is 417 g/mol. The van der Waals surface area contributed by atoms with E-state index in [4.69, 9.17) is 0 Å². The predicted molar refractivity (Wildman–Crippen MR) is 120 cm³/mol. The Morgan fingerprint density at radius 1 is 1.28 bits per heavy atom. The van der Waals surface area contributed by atoms with E-state index in [9.17, 15) is 9.59 Å². The molecule has 1 unspecified atom stereocenters. The molecule has 0 spiro atoms. The second kappa shape index (κ2) is 11.0. The number of thioether (sulfide) groups is 1. The minimum Gasteiger partial charge on any atom is -0.353 e. The van der Waals surface area contributed by atoms with Crippen molar-refractivity contribution in [1.82, 2.24) is 10.2 Å². The summed E-state index contributed by atoms with van der Waals surface area (Å²) in [5, 5.41) is 3.07. The second-order valence-electron chi connectivity index (χ2n) is 8.18. The first kappa shape index (κ1) is 22.2. The number of hydrogen-bond donors (Lipinski definition) is 1. The van der Waals surface area contributed by atoms with E-state index >= 15 is 0 Å². The van der Waals surface area contributed by atoms with Crippen LogP contribution < -0.4 is 10.2 Å². The van der Waals surface area contributed by atoms with Gasteiger partial charge in [-0.3, -0.25) is 14.5 Å². The number of fused-ring (bicyclic) bond motifs is 1. The Hall–Kier alpha value is -1.53. The Kier molecular flexibility index (Phi) is 8.42. The van der Waals surface area contributed by atoms with Crippen molar-refractivity contribution in [2.45, 2.75) is 75.8 Å². The number of rotatable bonds is 8. The Morgan fingerprint density at radius 3 is 2.79 bits per heavy atom. The smallest absolute Gasteiger partial charge is 0.240 e. The number of hydrogen-bond acceptors (Lipinski definition) is 4. The van der Waals surface area contributed by atoms with Crippen molar-refractivity contribution in [2.75, 3.05) is 30.3 Å². The lowest BCUT2D eigenvalue weighted by Gasteiger charge is -2.38. The van der Waals surface area contributed by atoms with Crippen LogP contribution in [0.15, 0.2) is 29.2 Å². The fourth-order valence-corrected chi connectivity index (χ4v) is 5.42. The van der Waals surface area contributed by atoms with Crippen molar-refractivity contribution in [2.24, 2.45) is 0 Å². The molecule has 2 amide bonds. The van der Waals surface area contributed by atoms with E-state index in [-0.39, 0.29) is 18.4 Å². The zero-order valence-corrected chi connectivity index (χ0v) is 18.7. The third kappa shape index (κ3) is 5.98. The predicted octanol–water partition coefficient (Wildman–Crippen LogP) is 4.06. The fourth-order valence-electron chi connectivity index (χ4n) is 4.43. The van der Waals surface area contributed by atoms with Crippen LogP contribution in [0.25, 0.3) is 0 Å². The minimum absolute atomic E-state index is 0.0287. The van der Waals surface area contributed by atoms with Crippen molar-refractivity contribution < 1.29 is 9.59 Å². The summed E-state index contributed by atoms with van der Waals surface area (Å²) in [5.41, 5.74) is 0.860. The molecule has 1 heterocycles. The van der Waals surface area contributed by atoms with Gasteiger partial charge < -0.3 is 10.2 Å². The van der Waals surface area contributed by atoms with Gasteiger partial charge in [0, 0.05) is 42.2 Å². The minimum atomic E-state index is -0.0761. The van der Waals surface area contributed by atoms with Gasteiger partial charge in [-0.05, 0) is 38.3 Å². The van der Waals surface area contributed by atoms with Gasteiger partial charge in [0.1, 0.15) is 6.54 Å². The van der Waals surface area contributed by atoms with E-state index in [1.807, 2.05) is 24.3 Å². The number of carbonyl (C=O) groups is 2. The summed E-state index contributed by atoms with van der Waals surface area (Å²) in [6.07, 6.45) is 8.13. The third-order valence-corrected chi connectivity index (χ3v) is 7.29. The van der Waals surface area contributed by atoms with Gasteiger partial charge in [-0.25, -0.2) is 0 Å². The standard InChI is InChI=1S/C23H35N3O2S/c1-3-18(2)25(19-9-5-4-6-10-19)15-14-24-22(27)17-26-20-11-7-8-12-21(20)29-16-13-23(26)28/h7-8,11-12,18-19H,3-6,9-10,13-17H2,1-2H3,(H,24,27).